The van der Waals surface area contributed by atoms with Crippen LogP contribution in [0, 0.1) is 0 Å². The van der Waals surface area contributed by atoms with E-state index in [0.717, 1.165) is 46.3 Å². The summed E-state index contributed by atoms with van der Waals surface area (Å²) in [5.74, 6) is 0.121. The number of aromatic amines is 1. The molecule has 1 aliphatic heterocycles. The highest BCUT2D eigenvalue weighted by Gasteiger charge is 2.30. The van der Waals surface area contributed by atoms with Crippen molar-refractivity contribution >= 4 is 34.2 Å². The van der Waals surface area contributed by atoms with Gasteiger partial charge >= 0.3 is 0 Å². The van der Waals surface area contributed by atoms with Gasteiger partial charge in [0.25, 0.3) is 5.91 Å². The first-order valence-corrected chi connectivity index (χ1v) is 10.6. The summed E-state index contributed by atoms with van der Waals surface area (Å²) in [5, 5.41) is 1.13. The molecule has 0 bridgehead atoms. The van der Waals surface area contributed by atoms with Gasteiger partial charge in [-0.25, -0.2) is 0 Å². The number of carbonyl (C=O) groups is 1. The molecule has 1 aliphatic rings. The Labute approximate surface area is 181 Å². The van der Waals surface area contributed by atoms with Crippen LogP contribution >= 0.6 is 0 Å². The van der Waals surface area contributed by atoms with Gasteiger partial charge in [0.15, 0.2) is 5.96 Å². The van der Waals surface area contributed by atoms with E-state index in [2.05, 4.69) is 16.0 Å². The van der Waals surface area contributed by atoms with E-state index in [1.165, 1.54) is 0 Å². The minimum atomic E-state index is -0.468. The summed E-state index contributed by atoms with van der Waals surface area (Å²) in [4.78, 5) is 27.7. The number of unbranched alkanes of at least 4 members (excludes halogenated alkanes) is 1. The highest BCUT2D eigenvalue weighted by atomic mass is 16.2. The third-order valence-corrected chi connectivity index (χ3v) is 5.66. The summed E-state index contributed by atoms with van der Waals surface area (Å²) < 4.78 is 0. The van der Waals surface area contributed by atoms with Gasteiger partial charge < -0.3 is 21.4 Å². The molecule has 2 heterocycles. The van der Waals surface area contributed by atoms with Crippen molar-refractivity contribution in [3.8, 4) is 0 Å². The van der Waals surface area contributed by atoms with Crippen LogP contribution < -0.4 is 16.4 Å². The molecule has 31 heavy (non-hydrogen) atoms. The van der Waals surface area contributed by atoms with Gasteiger partial charge in [0.05, 0.1) is 5.69 Å². The second-order valence-corrected chi connectivity index (χ2v) is 7.81. The van der Waals surface area contributed by atoms with Gasteiger partial charge in [0.1, 0.15) is 6.04 Å². The number of anilines is 1. The Balaban J connectivity index is 1.60. The highest BCUT2D eigenvalue weighted by Crippen LogP contribution is 2.28. The van der Waals surface area contributed by atoms with Crippen LogP contribution in [0.2, 0.25) is 0 Å². The second-order valence-electron chi connectivity index (χ2n) is 7.81. The largest absolute Gasteiger partial charge is 0.370 e. The van der Waals surface area contributed by atoms with Crippen molar-refractivity contribution in [1.29, 1.82) is 0 Å². The van der Waals surface area contributed by atoms with E-state index in [4.69, 9.17) is 16.5 Å². The Morgan fingerprint density at radius 3 is 2.74 bits per heavy atom. The molecule has 0 radical (unpaired) electrons. The zero-order chi connectivity index (χ0) is 21.8. The maximum absolute atomic E-state index is 13.6. The van der Waals surface area contributed by atoms with Crippen LogP contribution in [-0.4, -0.2) is 41.7 Å². The number of benzodiazepines with no additional fused rings is 1. The van der Waals surface area contributed by atoms with E-state index in [-0.39, 0.29) is 11.9 Å². The third kappa shape index (κ3) is 4.45. The molecule has 2 aromatic carbocycles. The van der Waals surface area contributed by atoms with E-state index >= 15 is 0 Å². The number of nitrogens with one attached hydrogen (secondary N) is 1. The molecular weight excluding hydrogens is 388 g/mol. The van der Waals surface area contributed by atoms with Crippen molar-refractivity contribution in [2.45, 2.75) is 32.2 Å². The van der Waals surface area contributed by atoms with Crippen molar-refractivity contribution in [3.63, 3.8) is 0 Å². The van der Waals surface area contributed by atoms with Gasteiger partial charge in [0, 0.05) is 47.9 Å². The molecule has 1 amide bonds. The van der Waals surface area contributed by atoms with Gasteiger partial charge in [-0.2, -0.15) is 0 Å². The predicted molar refractivity (Wildman–Crippen MR) is 127 cm³/mol. The number of hydrogen-bond acceptors (Lipinski definition) is 3. The van der Waals surface area contributed by atoms with Gasteiger partial charge in [0.2, 0.25) is 0 Å². The van der Waals surface area contributed by atoms with Crippen molar-refractivity contribution in [2.24, 2.45) is 21.5 Å². The number of nitrogens with zero attached hydrogens (tertiary/aromatic N) is 3. The monoisotopic (exact) mass is 416 g/mol. The quantitative estimate of drug-likeness (QED) is 0.313. The van der Waals surface area contributed by atoms with Crippen LogP contribution in [-0.2, 0) is 11.2 Å². The number of nitrogens with two attached hydrogens (primary N) is 2. The molecule has 0 fully saturated rings. The summed E-state index contributed by atoms with van der Waals surface area (Å²) in [6.45, 7) is 3.14. The van der Waals surface area contributed by atoms with Crippen molar-refractivity contribution in [1.82, 2.24) is 4.98 Å². The number of guanidine groups is 1. The summed E-state index contributed by atoms with van der Waals surface area (Å²) in [5.41, 5.74) is 15.8. The second kappa shape index (κ2) is 9.04. The number of hydrogen-bond donors (Lipinski definition) is 3. The topological polar surface area (TPSA) is 113 Å². The first-order chi connectivity index (χ1) is 15.0. The first-order valence-electron chi connectivity index (χ1n) is 10.6. The van der Waals surface area contributed by atoms with Crippen LogP contribution in [0.4, 0.5) is 5.69 Å². The molecule has 0 aliphatic carbocycles. The number of H-pyrrole nitrogens is 1. The lowest BCUT2D eigenvalue weighted by Crippen LogP contribution is -2.39. The molecule has 160 valence electrons. The number of para-hydroxylation sites is 2. The molecule has 7 heteroatoms. The van der Waals surface area contributed by atoms with E-state index in [0.29, 0.717) is 19.5 Å². The molecule has 7 nitrogen and oxygen atoms in total. The fraction of sp³-hybridized carbons (Fsp3) is 0.292. The zero-order valence-electron chi connectivity index (χ0n) is 17.7. The fourth-order valence-electron chi connectivity index (χ4n) is 4.13. The van der Waals surface area contributed by atoms with Crippen LogP contribution in [0.5, 0.6) is 0 Å². The molecule has 0 unspecified atom stereocenters. The lowest BCUT2D eigenvalue weighted by Gasteiger charge is -2.25. The average Bonchev–Trinajstić information content (AvgIpc) is 3.14. The van der Waals surface area contributed by atoms with Crippen LogP contribution in [0.15, 0.2) is 64.7 Å². The maximum Gasteiger partial charge on any atom is 0.252 e. The van der Waals surface area contributed by atoms with Crippen LogP contribution in [0.1, 0.15) is 30.9 Å². The SMILES string of the molecule is CC1=N[C@@H](Cc2c[nH]c3ccccc23)C(=O)N(CCCCN=C(N)N)c2ccccc21. The lowest BCUT2D eigenvalue weighted by atomic mass is 10.0. The molecule has 1 aromatic heterocycles. The number of fused-ring (bicyclic) bond motifs is 2. The smallest absolute Gasteiger partial charge is 0.252 e. The van der Waals surface area contributed by atoms with Gasteiger partial charge in [-0.1, -0.05) is 36.4 Å². The Kier molecular flexibility index (Phi) is 6.02. The van der Waals surface area contributed by atoms with Crippen LogP contribution in [0.3, 0.4) is 0 Å². The number of aliphatic imine (C=N–C) groups is 2. The number of carbonyl (C=O) groups excluding carboxylic acids is 1. The summed E-state index contributed by atoms with van der Waals surface area (Å²) in [7, 11) is 0. The van der Waals surface area contributed by atoms with Crippen molar-refractivity contribution in [2.75, 3.05) is 18.0 Å². The lowest BCUT2D eigenvalue weighted by molar-refractivity contribution is -0.119. The minimum absolute atomic E-state index is 0.0245. The molecule has 5 N–H and O–H groups in total. The molecule has 4 rings (SSSR count). The summed E-state index contributed by atoms with van der Waals surface area (Å²) in [6, 6.07) is 15.6. The average molecular weight is 417 g/mol. The standard InChI is InChI=1S/C24H28N6O/c1-16-18-8-3-5-11-22(18)30(13-7-6-12-27-24(25)26)23(31)21(29-16)14-17-15-28-20-10-4-2-9-19(17)20/h2-5,8-11,15,21,28H,6-7,12-14H2,1H3,(H4,25,26,27)/t21-/m0/s1. The summed E-state index contributed by atoms with van der Waals surface area (Å²) in [6.07, 6.45) is 4.14. The van der Waals surface area contributed by atoms with Crippen molar-refractivity contribution < 1.29 is 4.79 Å². The number of benzene rings is 2. The normalized spacial score (nSPS) is 16.0. The van der Waals surface area contributed by atoms with E-state index < -0.39 is 6.04 Å². The van der Waals surface area contributed by atoms with Gasteiger partial charge in [-0.3, -0.25) is 14.8 Å². The van der Waals surface area contributed by atoms with Crippen LogP contribution in [0.25, 0.3) is 10.9 Å². The van der Waals surface area contributed by atoms with E-state index in [1.807, 2.05) is 60.5 Å². The van der Waals surface area contributed by atoms with E-state index in [9.17, 15) is 4.79 Å². The number of aromatic nitrogens is 1. The number of rotatable bonds is 7. The highest BCUT2D eigenvalue weighted by molar-refractivity contribution is 6.12. The maximum atomic E-state index is 13.6. The third-order valence-electron chi connectivity index (χ3n) is 5.66. The fourth-order valence-corrected chi connectivity index (χ4v) is 4.13. The van der Waals surface area contributed by atoms with Crippen molar-refractivity contribution in [3.05, 3.63) is 65.9 Å². The number of amides is 1. The Hall–Kier alpha value is -3.61. The first kappa shape index (κ1) is 20.7. The Morgan fingerprint density at radius 1 is 1.13 bits per heavy atom. The molecule has 3 aromatic rings. The van der Waals surface area contributed by atoms with Gasteiger partial charge in [-0.15, -0.1) is 0 Å². The minimum Gasteiger partial charge on any atom is -0.370 e. The molecule has 0 saturated heterocycles. The Bertz CT molecular complexity index is 1140. The summed E-state index contributed by atoms with van der Waals surface area (Å²) >= 11 is 0. The Morgan fingerprint density at radius 2 is 1.90 bits per heavy atom. The molecule has 1 atom stereocenters. The molecule has 0 saturated carbocycles. The zero-order valence-corrected chi connectivity index (χ0v) is 17.7. The van der Waals surface area contributed by atoms with E-state index in [1.54, 1.807) is 0 Å². The van der Waals surface area contributed by atoms with Gasteiger partial charge in [-0.05, 0) is 37.5 Å². The molecular formula is C24H28N6O. The molecule has 0 spiro atoms. The predicted octanol–water partition coefficient (Wildman–Crippen LogP) is 2.99.